The van der Waals surface area contributed by atoms with Gasteiger partial charge in [0.05, 0.1) is 0 Å². The number of halogens is 2. The summed E-state index contributed by atoms with van der Waals surface area (Å²) in [6, 6.07) is 14.3. The molecule has 0 saturated heterocycles. The molecule has 1 heterocycles. The fraction of sp³-hybridized carbons (Fsp3) is 0.0667. The molecule has 100 valence electrons. The van der Waals surface area contributed by atoms with Crippen LogP contribution < -0.4 is 0 Å². The molecule has 5 heteroatoms. The quantitative estimate of drug-likeness (QED) is 0.736. The fourth-order valence-corrected chi connectivity index (χ4v) is 2.27. The van der Waals surface area contributed by atoms with Gasteiger partial charge in [-0.3, -0.25) is 4.57 Å². The topological polar surface area (TPSA) is 30.7 Å². The van der Waals surface area contributed by atoms with E-state index in [0.717, 1.165) is 5.69 Å². The first-order valence-corrected chi connectivity index (χ1v) is 6.50. The van der Waals surface area contributed by atoms with E-state index in [2.05, 4.69) is 10.2 Å². The van der Waals surface area contributed by atoms with E-state index >= 15 is 0 Å². The van der Waals surface area contributed by atoms with E-state index in [9.17, 15) is 4.39 Å². The minimum atomic E-state index is -0.333. The van der Waals surface area contributed by atoms with Crippen LogP contribution in [-0.4, -0.2) is 14.8 Å². The molecule has 0 spiro atoms. The maximum absolute atomic E-state index is 13.8. The van der Waals surface area contributed by atoms with E-state index in [1.54, 1.807) is 18.5 Å². The summed E-state index contributed by atoms with van der Waals surface area (Å²) >= 11 is 6.05. The third kappa shape index (κ3) is 2.42. The highest BCUT2D eigenvalue weighted by Crippen LogP contribution is 2.22. The van der Waals surface area contributed by atoms with Crippen LogP contribution in [0.3, 0.4) is 0 Å². The highest BCUT2D eigenvalue weighted by molar-refractivity contribution is 6.31. The second kappa shape index (κ2) is 5.43. The summed E-state index contributed by atoms with van der Waals surface area (Å²) in [7, 11) is 0. The molecular formula is C15H11ClFN3. The molecule has 0 N–H and O–H groups in total. The Hall–Kier alpha value is -2.20. The molecule has 0 saturated carbocycles. The number of benzene rings is 2. The zero-order valence-electron chi connectivity index (χ0n) is 10.5. The normalized spacial score (nSPS) is 10.7. The molecule has 0 bridgehead atoms. The summed E-state index contributed by atoms with van der Waals surface area (Å²) in [5.41, 5.74) is 1.36. The van der Waals surface area contributed by atoms with E-state index in [4.69, 9.17) is 11.6 Å². The number of aromatic nitrogens is 3. The molecule has 2 aromatic carbocycles. The van der Waals surface area contributed by atoms with Gasteiger partial charge in [0.25, 0.3) is 0 Å². The van der Waals surface area contributed by atoms with Crippen LogP contribution in [0.2, 0.25) is 5.02 Å². The molecule has 3 aromatic rings. The minimum absolute atomic E-state index is 0.292. The Morgan fingerprint density at radius 2 is 1.85 bits per heavy atom. The van der Waals surface area contributed by atoms with Crippen LogP contribution in [-0.2, 0) is 6.42 Å². The molecule has 0 aliphatic carbocycles. The van der Waals surface area contributed by atoms with Crippen LogP contribution in [0.1, 0.15) is 11.4 Å². The summed E-state index contributed by atoms with van der Waals surface area (Å²) < 4.78 is 15.7. The van der Waals surface area contributed by atoms with Crippen LogP contribution in [0, 0.1) is 5.82 Å². The van der Waals surface area contributed by atoms with Crippen molar-refractivity contribution >= 4 is 11.6 Å². The van der Waals surface area contributed by atoms with Crippen molar-refractivity contribution < 1.29 is 4.39 Å². The van der Waals surface area contributed by atoms with Crippen molar-refractivity contribution in [3.63, 3.8) is 0 Å². The molecule has 0 radical (unpaired) electrons. The molecule has 0 aliphatic heterocycles. The van der Waals surface area contributed by atoms with Crippen molar-refractivity contribution in [2.45, 2.75) is 6.42 Å². The van der Waals surface area contributed by atoms with Crippen molar-refractivity contribution in [2.75, 3.05) is 0 Å². The lowest BCUT2D eigenvalue weighted by Crippen LogP contribution is -2.03. The Balaban J connectivity index is 1.99. The Morgan fingerprint density at radius 1 is 1.05 bits per heavy atom. The Labute approximate surface area is 120 Å². The highest BCUT2D eigenvalue weighted by atomic mass is 35.5. The van der Waals surface area contributed by atoms with Crippen molar-refractivity contribution in [1.29, 1.82) is 0 Å². The van der Waals surface area contributed by atoms with Crippen LogP contribution in [0.5, 0.6) is 0 Å². The molecule has 0 unspecified atom stereocenters. The third-order valence-corrected chi connectivity index (χ3v) is 3.40. The Morgan fingerprint density at radius 3 is 2.60 bits per heavy atom. The summed E-state index contributed by atoms with van der Waals surface area (Å²) in [6.07, 6.45) is 1.90. The number of rotatable bonds is 3. The molecule has 3 nitrogen and oxygen atoms in total. The van der Waals surface area contributed by atoms with Crippen molar-refractivity contribution in [2.24, 2.45) is 0 Å². The van der Waals surface area contributed by atoms with Crippen LogP contribution in [0.25, 0.3) is 5.69 Å². The molecule has 0 amide bonds. The average molecular weight is 288 g/mol. The zero-order valence-corrected chi connectivity index (χ0v) is 11.3. The van der Waals surface area contributed by atoms with E-state index in [1.165, 1.54) is 6.07 Å². The maximum atomic E-state index is 13.8. The SMILES string of the molecule is Fc1cccc(Cl)c1Cc1nncn1-c1ccccc1. The largest absolute Gasteiger partial charge is 0.285 e. The third-order valence-electron chi connectivity index (χ3n) is 3.05. The van der Waals surface area contributed by atoms with Crippen LogP contribution in [0.4, 0.5) is 4.39 Å². The standard InChI is InChI=1S/C15H11ClFN3/c16-13-7-4-8-14(17)12(13)9-15-19-18-10-20(15)11-5-2-1-3-6-11/h1-8,10H,9H2. The molecule has 0 atom stereocenters. The maximum Gasteiger partial charge on any atom is 0.141 e. The summed E-state index contributed by atoms with van der Waals surface area (Å²) in [5.74, 6) is 0.309. The van der Waals surface area contributed by atoms with E-state index in [1.807, 2.05) is 34.9 Å². The van der Waals surface area contributed by atoms with E-state index in [-0.39, 0.29) is 5.82 Å². The molecule has 3 rings (SSSR count). The van der Waals surface area contributed by atoms with Gasteiger partial charge in [0.1, 0.15) is 18.0 Å². The lowest BCUT2D eigenvalue weighted by molar-refractivity contribution is 0.611. The molecule has 0 aliphatic rings. The minimum Gasteiger partial charge on any atom is -0.285 e. The summed E-state index contributed by atoms with van der Waals surface area (Å²) in [6.45, 7) is 0. The predicted octanol–water partition coefficient (Wildman–Crippen LogP) is 3.65. The monoisotopic (exact) mass is 287 g/mol. The second-order valence-corrected chi connectivity index (χ2v) is 4.74. The number of para-hydroxylation sites is 1. The van der Waals surface area contributed by atoms with Crippen LogP contribution in [0.15, 0.2) is 54.9 Å². The van der Waals surface area contributed by atoms with Gasteiger partial charge in [-0.25, -0.2) is 4.39 Å². The van der Waals surface area contributed by atoms with E-state index < -0.39 is 0 Å². The number of nitrogens with zero attached hydrogens (tertiary/aromatic N) is 3. The highest BCUT2D eigenvalue weighted by Gasteiger charge is 2.13. The van der Waals surface area contributed by atoms with Crippen molar-refractivity contribution in [3.05, 3.63) is 77.1 Å². The first kappa shape index (κ1) is 12.8. The first-order valence-electron chi connectivity index (χ1n) is 6.13. The summed E-state index contributed by atoms with van der Waals surface area (Å²) in [5, 5.41) is 8.36. The van der Waals surface area contributed by atoms with Crippen molar-refractivity contribution in [1.82, 2.24) is 14.8 Å². The average Bonchev–Trinajstić information content (AvgIpc) is 2.92. The lowest BCUT2D eigenvalue weighted by atomic mass is 10.1. The zero-order chi connectivity index (χ0) is 13.9. The molecule has 20 heavy (non-hydrogen) atoms. The molecule has 0 fully saturated rings. The second-order valence-electron chi connectivity index (χ2n) is 4.33. The Kier molecular flexibility index (Phi) is 3.48. The van der Waals surface area contributed by atoms with E-state index in [0.29, 0.717) is 22.8 Å². The van der Waals surface area contributed by atoms with Gasteiger partial charge >= 0.3 is 0 Å². The molecule has 1 aromatic heterocycles. The van der Waals surface area contributed by atoms with Gasteiger partial charge in [-0.2, -0.15) is 0 Å². The number of hydrogen-bond donors (Lipinski definition) is 0. The van der Waals surface area contributed by atoms with Crippen molar-refractivity contribution in [3.8, 4) is 5.69 Å². The van der Waals surface area contributed by atoms with Gasteiger partial charge in [0, 0.05) is 22.7 Å². The van der Waals surface area contributed by atoms with Crippen LogP contribution >= 0.6 is 11.6 Å². The molecular weight excluding hydrogens is 277 g/mol. The van der Waals surface area contributed by atoms with Gasteiger partial charge in [-0.1, -0.05) is 35.9 Å². The Bertz CT molecular complexity index is 705. The van der Waals surface area contributed by atoms with Gasteiger partial charge in [0.2, 0.25) is 0 Å². The summed E-state index contributed by atoms with van der Waals surface area (Å²) in [4.78, 5) is 0. The van der Waals surface area contributed by atoms with Gasteiger partial charge in [-0.15, -0.1) is 10.2 Å². The van der Waals surface area contributed by atoms with Gasteiger partial charge < -0.3 is 0 Å². The lowest BCUT2D eigenvalue weighted by Gasteiger charge is -2.08. The number of hydrogen-bond acceptors (Lipinski definition) is 2. The fourth-order valence-electron chi connectivity index (χ4n) is 2.04. The first-order chi connectivity index (χ1) is 9.75. The van der Waals surface area contributed by atoms with Gasteiger partial charge in [0.15, 0.2) is 0 Å². The van der Waals surface area contributed by atoms with Gasteiger partial charge in [-0.05, 0) is 24.3 Å². The predicted molar refractivity (Wildman–Crippen MR) is 75.6 cm³/mol. The smallest absolute Gasteiger partial charge is 0.141 e.